The van der Waals surface area contributed by atoms with Gasteiger partial charge in [-0.1, -0.05) is 0 Å². The summed E-state index contributed by atoms with van der Waals surface area (Å²) in [6.45, 7) is -2.79. The van der Waals surface area contributed by atoms with Crippen LogP contribution in [0, 0.1) is 0 Å². The second kappa shape index (κ2) is 9.62. The molecule has 2 amide bonds. The number of carbonyl (C=O) groups excluding carboxylic acids is 2. The van der Waals surface area contributed by atoms with Gasteiger partial charge in [-0.25, -0.2) is 24.2 Å². The Bertz CT molecular complexity index is 1840. The molecule has 0 bridgehead atoms. The van der Waals surface area contributed by atoms with Crippen molar-refractivity contribution < 1.29 is 24.5 Å². The lowest BCUT2D eigenvalue weighted by atomic mass is 9.73. The van der Waals surface area contributed by atoms with E-state index in [1.165, 1.54) is 22.6 Å². The number of aryl methyl sites for hydroxylation is 1. The summed E-state index contributed by atoms with van der Waals surface area (Å²) in [7, 11) is 2.77. The number of anilines is 2. The number of methoxy groups -OCH3 is 2. The molecule has 40 heavy (non-hydrogen) atoms. The van der Waals surface area contributed by atoms with Crippen molar-refractivity contribution in [2.75, 3.05) is 19.5 Å². The summed E-state index contributed by atoms with van der Waals surface area (Å²) in [6.07, 6.45) is 3.34. The molecule has 2 atom stereocenters. The summed E-state index contributed by atoms with van der Waals surface area (Å²) < 4.78 is 46.2. The van der Waals surface area contributed by atoms with Gasteiger partial charge in [0.1, 0.15) is 17.2 Å². The van der Waals surface area contributed by atoms with Crippen molar-refractivity contribution >= 4 is 45.7 Å². The van der Waals surface area contributed by atoms with Crippen LogP contribution in [0.3, 0.4) is 0 Å². The minimum absolute atomic E-state index is 0.0565. The van der Waals surface area contributed by atoms with Crippen molar-refractivity contribution in [3.05, 3.63) is 41.1 Å². The summed E-state index contributed by atoms with van der Waals surface area (Å²) in [5.74, 6) is 0.0819. The Morgan fingerprint density at radius 3 is 2.75 bits per heavy atom. The molecule has 4 aromatic rings. The molecule has 210 valence electrons. The molecule has 14 nitrogen and oxygen atoms in total. The zero-order valence-corrected chi connectivity index (χ0v) is 21.9. The van der Waals surface area contributed by atoms with Gasteiger partial charge >= 0.3 is 11.8 Å². The largest absolute Gasteiger partial charge is 0.453 e. The monoisotopic (exact) mass is 553 g/mol. The summed E-state index contributed by atoms with van der Waals surface area (Å²) in [4.78, 5) is 46.9. The summed E-state index contributed by atoms with van der Waals surface area (Å²) in [6, 6.07) is 3.04. The topological polar surface area (TPSA) is 173 Å². The van der Waals surface area contributed by atoms with Crippen LogP contribution in [0.5, 0.6) is 0 Å². The number of carbonyl (C=O) groups is 2. The first-order valence-corrected chi connectivity index (χ1v) is 12.7. The van der Waals surface area contributed by atoms with Crippen LogP contribution in [-0.4, -0.2) is 67.2 Å². The molecular weight excluding hydrogens is 518 g/mol. The van der Waals surface area contributed by atoms with Crippen LogP contribution >= 0.6 is 0 Å². The highest BCUT2D eigenvalue weighted by Gasteiger charge is 2.52. The minimum Gasteiger partial charge on any atom is -0.453 e. The van der Waals surface area contributed by atoms with Crippen LogP contribution in [0.2, 0.25) is 0 Å². The molecule has 2 fully saturated rings. The molecule has 14 heteroatoms. The van der Waals surface area contributed by atoms with Gasteiger partial charge in [-0.3, -0.25) is 13.9 Å². The van der Waals surface area contributed by atoms with Crippen molar-refractivity contribution in [3.8, 4) is 0 Å². The van der Waals surface area contributed by atoms with Gasteiger partial charge in [-0.05, 0) is 31.4 Å². The van der Waals surface area contributed by atoms with Crippen LogP contribution in [0.25, 0.3) is 22.1 Å². The number of hydrogen-bond acceptors (Lipinski definition) is 9. The first-order valence-electron chi connectivity index (χ1n) is 14.7. The Kier molecular flexibility index (Phi) is 5.14. The Morgan fingerprint density at radius 2 is 2.02 bits per heavy atom. The first-order chi connectivity index (χ1) is 20.8. The SMILES string of the molecule is [2H]C([2H])([2H])n1c(=O)n([C@@H]2CC[C@@]([2H])(NC(=O)OC)C2)c2cc(Nc3ccc4cnn(C5(C(N)=O)CC(OC)C5)c4n3)ncc21. The molecule has 0 unspecified atom stereocenters. The van der Waals surface area contributed by atoms with Gasteiger partial charge in [0.05, 0.1) is 38.0 Å². The number of nitrogens with two attached hydrogens (primary N) is 1. The number of nitrogens with zero attached hydrogens (tertiary/aromatic N) is 6. The second-order valence-electron chi connectivity index (χ2n) is 10.1. The van der Waals surface area contributed by atoms with Crippen LogP contribution in [0.1, 0.15) is 43.6 Å². The zero-order valence-electron chi connectivity index (χ0n) is 25.9. The standard InChI is InChI=1S/C26H31N9O5/c1-33-19-13-28-21(9-18(19)34(25(33)38)16-6-5-15(8-16)30-24(37)40-3)31-20-7-4-14-12-29-35(22(14)32-20)26(23(27)36)10-17(11-26)39-2/h4,7,9,12-13,15-17H,5-6,8,10-11H2,1-3H3,(H2,27,36)(H,30,37)(H,28,31,32)/t15-,16-,17?,26?/m1/s1/i1D3,15D. The van der Waals surface area contributed by atoms with Crippen molar-refractivity contribution in [1.82, 2.24) is 34.2 Å². The van der Waals surface area contributed by atoms with Crippen molar-refractivity contribution in [1.29, 1.82) is 0 Å². The number of rotatable bonds is 7. The number of alkyl carbamates (subject to hydrolysis) is 1. The van der Waals surface area contributed by atoms with Gasteiger partial charge < -0.3 is 25.8 Å². The van der Waals surface area contributed by atoms with E-state index in [0.717, 1.165) is 0 Å². The highest BCUT2D eigenvalue weighted by Crippen LogP contribution is 2.42. The van der Waals surface area contributed by atoms with Gasteiger partial charge in [0, 0.05) is 54.6 Å². The molecule has 2 aliphatic carbocycles. The van der Waals surface area contributed by atoms with E-state index in [9.17, 15) is 14.4 Å². The average Bonchev–Trinajstić information content (AvgIpc) is 3.60. The van der Waals surface area contributed by atoms with Gasteiger partial charge in [0.2, 0.25) is 5.91 Å². The number of hydrogen-bond donors (Lipinski definition) is 3. The van der Waals surface area contributed by atoms with Crippen LogP contribution in [0.15, 0.2) is 35.4 Å². The van der Waals surface area contributed by atoms with E-state index in [1.54, 1.807) is 31.5 Å². The number of pyridine rings is 2. The van der Waals surface area contributed by atoms with Crippen LogP contribution < -0.4 is 22.1 Å². The van der Waals surface area contributed by atoms with E-state index in [1.807, 2.05) is 0 Å². The quantitative estimate of drug-likeness (QED) is 0.308. The van der Waals surface area contributed by atoms with E-state index in [4.69, 9.17) is 16.0 Å². The Morgan fingerprint density at radius 1 is 1.20 bits per heavy atom. The fraction of sp³-hybridized carbons (Fsp3) is 0.462. The number of fused-ring (bicyclic) bond motifs is 2. The maximum atomic E-state index is 13.5. The van der Waals surface area contributed by atoms with Crippen molar-refractivity contribution in [2.24, 2.45) is 12.7 Å². The predicted molar refractivity (Wildman–Crippen MR) is 145 cm³/mol. The van der Waals surface area contributed by atoms with E-state index in [-0.39, 0.29) is 35.8 Å². The maximum Gasteiger partial charge on any atom is 0.407 e. The lowest BCUT2D eigenvalue weighted by Gasteiger charge is -2.44. The van der Waals surface area contributed by atoms with Crippen molar-refractivity contribution in [2.45, 2.75) is 55.8 Å². The molecule has 0 aromatic carbocycles. The fourth-order valence-corrected chi connectivity index (χ4v) is 5.65. The van der Waals surface area contributed by atoms with Crippen LogP contribution in [0.4, 0.5) is 16.4 Å². The Hall–Kier alpha value is -4.46. The molecule has 4 N–H and O–H groups in total. The Balaban J connectivity index is 1.37. The number of aromatic nitrogens is 6. The first kappa shape index (κ1) is 21.4. The lowest BCUT2D eigenvalue weighted by Crippen LogP contribution is -2.58. The number of nitrogens with one attached hydrogen (secondary N) is 2. The highest BCUT2D eigenvalue weighted by molar-refractivity contribution is 5.87. The summed E-state index contributed by atoms with van der Waals surface area (Å²) in [5.41, 5.74) is 4.74. The number of imidazole rings is 1. The molecule has 2 aliphatic rings. The van der Waals surface area contributed by atoms with Crippen molar-refractivity contribution in [3.63, 3.8) is 0 Å². The fourth-order valence-electron chi connectivity index (χ4n) is 5.65. The lowest BCUT2D eigenvalue weighted by molar-refractivity contribution is -0.141. The van der Waals surface area contributed by atoms with Crippen LogP contribution in [-0.2, 0) is 26.8 Å². The maximum absolute atomic E-state index is 13.5. The molecule has 0 spiro atoms. The molecule has 4 heterocycles. The molecule has 0 saturated heterocycles. The Labute approximate surface area is 234 Å². The molecule has 0 radical (unpaired) electrons. The molecule has 6 rings (SSSR count). The summed E-state index contributed by atoms with van der Waals surface area (Å²) >= 11 is 0. The van der Waals surface area contributed by atoms with Gasteiger partial charge in [0.25, 0.3) is 0 Å². The zero-order chi connectivity index (χ0) is 31.6. The van der Waals surface area contributed by atoms with Gasteiger partial charge in [-0.15, -0.1) is 0 Å². The van der Waals surface area contributed by atoms with E-state index < -0.39 is 42.3 Å². The molecule has 4 aromatic heterocycles. The third kappa shape index (κ3) is 4.06. The van der Waals surface area contributed by atoms with E-state index in [0.29, 0.717) is 40.7 Å². The average molecular weight is 554 g/mol. The van der Waals surface area contributed by atoms with Gasteiger partial charge in [-0.2, -0.15) is 5.10 Å². The number of amides is 2. The molecular formula is C26H31N9O5. The number of primary amides is 1. The smallest absolute Gasteiger partial charge is 0.407 e. The molecule has 2 saturated carbocycles. The normalized spacial score (nSPS) is 27.9. The highest BCUT2D eigenvalue weighted by atomic mass is 16.5. The number of ether oxygens (including phenoxy) is 2. The van der Waals surface area contributed by atoms with Gasteiger partial charge in [0.15, 0.2) is 5.65 Å². The van der Waals surface area contributed by atoms with E-state index >= 15 is 0 Å². The third-order valence-corrected chi connectivity index (χ3v) is 7.85. The second-order valence-corrected chi connectivity index (χ2v) is 10.1. The predicted octanol–water partition coefficient (Wildman–Crippen LogP) is 1.66. The summed E-state index contributed by atoms with van der Waals surface area (Å²) in [5, 5.41) is 10.7. The molecule has 0 aliphatic heterocycles. The minimum atomic E-state index is -2.79. The van der Waals surface area contributed by atoms with E-state index in [2.05, 4.69) is 30.4 Å². The third-order valence-electron chi connectivity index (χ3n) is 7.85.